The van der Waals surface area contributed by atoms with Crippen molar-refractivity contribution < 1.29 is 14.3 Å². The van der Waals surface area contributed by atoms with E-state index in [2.05, 4.69) is 25.2 Å². The van der Waals surface area contributed by atoms with Crippen LogP contribution in [0.2, 0.25) is 0 Å². The number of benzene rings is 2. The number of urea groups is 1. The minimum absolute atomic E-state index is 0.0431. The highest BCUT2D eigenvalue weighted by molar-refractivity contribution is 5.92. The Morgan fingerprint density at radius 3 is 2.61 bits per heavy atom. The molecule has 2 aromatic carbocycles. The Bertz CT molecular complexity index is 1680. The maximum atomic E-state index is 13.1. The van der Waals surface area contributed by atoms with Crippen LogP contribution in [0.15, 0.2) is 51.7 Å². The third-order valence-corrected chi connectivity index (χ3v) is 6.58. The van der Waals surface area contributed by atoms with E-state index in [0.29, 0.717) is 28.1 Å². The number of carbonyl (C=O) groups excluding carboxylic acids is 1. The van der Waals surface area contributed by atoms with Crippen molar-refractivity contribution in [1.29, 1.82) is 0 Å². The summed E-state index contributed by atoms with van der Waals surface area (Å²) in [6.45, 7) is 0. The maximum absolute atomic E-state index is 13.1. The summed E-state index contributed by atoms with van der Waals surface area (Å²) in [4.78, 5) is 38.8. The highest BCUT2D eigenvalue weighted by atomic mass is 16.4. The molecule has 36 heavy (non-hydrogen) atoms. The second-order valence-electron chi connectivity index (χ2n) is 8.78. The van der Waals surface area contributed by atoms with Crippen molar-refractivity contribution in [3.8, 4) is 29.0 Å². The number of hydrogen-bond acceptors (Lipinski definition) is 7. The fourth-order valence-electron chi connectivity index (χ4n) is 4.45. The zero-order chi connectivity index (χ0) is 25.0. The van der Waals surface area contributed by atoms with Gasteiger partial charge in [0, 0.05) is 25.8 Å². The van der Waals surface area contributed by atoms with Crippen LogP contribution in [0.4, 0.5) is 10.5 Å². The SMILES string of the molecule is CNC(=O)Nc1ccc2nc(-c3nc(-c4nc5ccccc5o4)c(O)c(=O)n3C)n(C3CCC3)c2c1. The van der Waals surface area contributed by atoms with E-state index < -0.39 is 11.3 Å². The van der Waals surface area contributed by atoms with E-state index in [9.17, 15) is 14.7 Å². The van der Waals surface area contributed by atoms with Crippen LogP contribution in [0, 0.1) is 0 Å². The highest BCUT2D eigenvalue weighted by Crippen LogP contribution is 2.39. The number of nitrogens with one attached hydrogen (secondary N) is 2. The summed E-state index contributed by atoms with van der Waals surface area (Å²) in [5, 5.41) is 16.0. The number of carbonyl (C=O) groups is 1. The van der Waals surface area contributed by atoms with Crippen LogP contribution in [0.3, 0.4) is 0 Å². The Balaban J connectivity index is 1.56. The molecule has 1 fully saturated rings. The molecular formula is C25H23N7O4. The Morgan fingerprint density at radius 1 is 1.08 bits per heavy atom. The number of imidazole rings is 1. The number of hydrogen-bond donors (Lipinski definition) is 3. The molecule has 0 radical (unpaired) electrons. The molecule has 3 heterocycles. The van der Waals surface area contributed by atoms with Gasteiger partial charge in [0.15, 0.2) is 22.9 Å². The lowest BCUT2D eigenvalue weighted by Gasteiger charge is -2.29. The van der Waals surface area contributed by atoms with Gasteiger partial charge < -0.3 is 24.7 Å². The molecule has 5 aromatic rings. The van der Waals surface area contributed by atoms with Crippen molar-refractivity contribution >= 4 is 33.9 Å². The first-order valence-corrected chi connectivity index (χ1v) is 11.6. The monoisotopic (exact) mass is 485 g/mol. The summed E-state index contributed by atoms with van der Waals surface area (Å²) in [5.74, 6) is 0.273. The number of oxazole rings is 1. The molecule has 0 atom stereocenters. The standard InChI is InChI=1S/C25H23N7O4/c1-26-25(35)27-13-10-11-15-17(12-13)32(14-6-5-7-14)22(28-15)21-30-19(20(33)24(34)31(21)2)23-29-16-8-3-4-9-18(16)36-23/h3-4,8-12,14,33H,5-7H2,1-2H3,(H2,26,27,35). The fourth-order valence-corrected chi connectivity index (χ4v) is 4.45. The average molecular weight is 486 g/mol. The van der Waals surface area contributed by atoms with Crippen molar-refractivity contribution in [2.45, 2.75) is 25.3 Å². The van der Waals surface area contributed by atoms with Gasteiger partial charge in [0.25, 0.3) is 5.56 Å². The van der Waals surface area contributed by atoms with Gasteiger partial charge in [-0.3, -0.25) is 9.36 Å². The molecule has 0 aliphatic heterocycles. The van der Waals surface area contributed by atoms with Gasteiger partial charge in [0.2, 0.25) is 11.6 Å². The molecule has 3 aromatic heterocycles. The minimum Gasteiger partial charge on any atom is -0.501 e. The Morgan fingerprint density at radius 2 is 1.89 bits per heavy atom. The lowest BCUT2D eigenvalue weighted by Crippen LogP contribution is -2.25. The molecule has 0 spiro atoms. The predicted octanol–water partition coefficient (Wildman–Crippen LogP) is 3.79. The Kier molecular flexibility index (Phi) is 4.99. The number of para-hydroxylation sites is 2. The molecule has 1 saturated carbocycles. The summed E-state index contributed by atoms with van der Waals surface area (Å²) in [7, 11) is 3.10. The fraction of sp³-hybridized carbons (Fsp3) is 0.240. The van der Waals surface area contributed by atoms with Crippen LogP contribution in [0.25, 0.3) is 45.4 Å². The van der Waals surface area contributed by atoms with Crippen LogP contribution in [-0.4, -0.2) is 42.3 Å². The summed E-state index contributed by atoms with van der Waals surface area (Å²) >= 11 is 0. The molecule has 1 aliphatic rings. The average Bonchev–Trinajstić information content (AvgIpc) is 3.43. The Labute approximate surface area is 204 Å². The molecule has 1 aliphatic carbocycles. The van der Waals surface area contributed by atoms with Gasteiger partial charge in [-0.15, -0.1) is 0 Å². The van der Waals surface area contributed by atoms with Crippen LogP contribution in [0.5, 0.6) is 5.75 Å². The molecule has 182 valence electrons. The zero-order valence-corrected chi connectivity index (χ0v) is 19.6. The van der Waals surface area contributed by atoms with Crippen molar-refractivity contribution in [2.24, 2.45) is 7.05 Å². The van der Waals surface area contributed by atoms with E-state index >= 15 is 0 Å². The molecule has 11 heteroatoms. The summed E-state index contributed by atoms with van der Waals surface area (Å²) in [6, 6.07) is 12.5. The van der Waals surface area contributed by atoms with Crippen LogP contribution < -0.4 is 16.2 Å². The quantitative estimate of drug-likeness (QED) is 0.352. The zero-order valence-electron chi connectivity index (χ0n) is 19.6. The normalized spacial score (nSPS) is 13.7. The van der Waals surface area contributed by atoms with E-state index in [4.69, 9.17) is 9.40 Å². The second kappa shape index (κ2) is 8.22. The molecule has 0 unspecified atom stereocenters. The molecule has 2 amide bonds. The van der Waals surface area contributed by atoms with E-state index in [1.54, 1.807) is 32.3 Å². The lowest BCUT2D eigenvalue weighted by molar-refractivity contribution is 0.254. The molecule has 3 N–H and O–H groups in total. The number of anilines is 1. The number of aromatic nitrogens is 5. The third-order valence-electron chi connectivity index (χ3n) is 6.58. The number of rotatable bonds is 4. The summed E-state index contributed by atoms with van der Waals surface area (Å²) < 4.78 is 9.14. The van der Waals surface area contributed by atoms with Gasteiger partial charge in [-0.25, -0.2) is 19.7 Å². The van der Waals surface area contributed by atoms with E-state index in [-0.39, 0.29) is 29.5 Å². The van der Waals surface area contributed by atoms with Crippen molar-refractivity contribution in [2.75, 3.05) is 12.4 Å². The first-order valence-electron chi connectivity index (χ1n) is 11.6. The third kappa shape index (κ3) is 3.39. The number of nitrogens with zero attached hydrogens (tertiary/aromatic N) is 5. The Hall–Kier alpha value is -4.67. The summed E-state index contributed by atoms with van der Waals surface area (Å²) in [5.41, 5.74) is 2.57. The van der Waals surface area contributed by atoms with Gasteiger partial charge in [0.1, 0.15) is 5.52 Å². The van der Waals surface area contributed by atoms with E-state index in [0.717, 1.165) is 24.8 Å². The minimum atomic E-state index is -0.633. The number of amides is 2. The van der Waals surface area contributed by atoms with Crippen molar-refractivity contribution in [3.63, 3.8) is 0 Å². The van der Waals surface area contributed by atoms with Gasteiger partial charge in [-0.05, 0) is 49.6 Å². The first kappa shape index (κ1) is 21.8. The van der Waals surface area contributed by atoms with Crippen molar-refractivity contribution in [3.05, 3.63) is 52.8 Å². The van der Waals surface area contributed by atoms with Gasteiger partial charge in [-0.1, -0.05) is 12.1 Å². The number of aromatic hydroxyl groups is 1. The molecule has 11 nitrogen and oxygen atoms in total. The largest absolute Gasteiger partial charge is 0.501 e. The van der Waals surface area contributed by atoms with Crippen LogP contribution in [0.1, 0.15) is 25.3 Å². The topological polar surface area (TPSA) is 140 Å². The van der Waals surface area contributed by atoms with Crippen LogP contribution in [-0.2, 0) is 7.05 Å². The van der Waals surface area contributed by atoms with Crippen LogP contribution >= 0.6 is 0 Å². The molecule has 6 rings (SSSR count). The van der Waals surface area contributed by atoms with Gasteiger partial charge >= 0.3 is 6.03 Å². The lowest BCUT2D eigenvalue weighted by atomic mass is 9.92. The van der Waals surface area contributed by atoms with Gasteiger partial charge in [0.05, 0.1) is 11.0 Å². The maximum Gasteiger partial charge on any atom is 0.318 e. The predicted molar refractivity (Wildman–Crippen MR) is 134 cm³/mol. The van der Waals surface area contributed by atoms with E-state index in [1.165, 1.54) is 4.57 Å². The molecule has 0 bridgehead atoms. The second-order valence-corrected chi connectivity index (χ2v) is 8.78. The summed E-state index contributed by atoms with van der Waals surface area (Å²) in [6.07, 6.45) is 2.99. The molecule has 0 saturated heterocycles. The molecular weight excluding hydrogens is 462 g/mol. The van der Waals surface area contributed by atoms with Crippen molar-refractivity contribution in [1.82, 2.24) is 29.4 Å². The highest BCUT2D eigenvalue weighted by Gasteiger charge is 2.29. The van der Waals surface area contributed by atoms with E-state index in [1.807, 2.05) is 24.3 Å². The number of fused-ring (bicyclic) bond motifs is 2. The smallest absolute Gasteiger partial charge is 0.318 e. The van der Waals surface area contributed by atoms with Gasteiger partial charge in [-0.2, -0.15) is 0 Å². The first-order chi connectivity index (χ1) is 17.4.